The Hall–Kier alpha value is -7.07. The molecule has 12 amide bonds. The second-order valence-corrected chi connectivity index (χ2v) is 30.0. The number of hydrogen-bond acceptors (Lipinski definition) is 13. The van der Waals surface area contributed by atoms with Crippen molar-refractivity contribution in [2.75, 3.05) is 87.5 Å². The van der Waals surface area contributed by atoms with E-state index in [0.29, 0.717) is 69.9 Å². The van der Waals surface area contributed by atoms with Gasteiger partial charge in [-0.3, -0.25) is 57.5 Å². The maximum Gasteiger partial charge on any atom is 0.419 e. The molecule has 0 aromatic heterocycles. The maximum atomic E-state index is 15.4. The van der Waals surface area contributed by atoms with E-state index < -0.39 is 143 Å². The number of benzene rings is 1. The maximum absolute atomic E-state index is 15.4. The number of halogens is 4. The number of alkyl halides is 3. The summed E-state index contributed by atoms with van der Waals surface area (Å²) in [5.74, 6) is -8.71. The lowest BCUT2D eigenvalue weighted by Gasteiger charge is -2.45. The summed E-state index contributed by atoms with van der Waals surface area (Å²) >= 11 is 1.11. The van der Waals surface area contributed by atoms with Crippen LogP contribution < -0.4 is 16.4 Å². The molecule has 0 radical (unpaired) electrons. The Kier molecular flexibility index (Phi) is 29.0. The Bertz CT molecular complexity index is 3090. The van der Waals surface area contributed by atoms with Crippen molar-refractivity contribution in [1.29, 1.82) is 0 Å². The highest BCUT2D eigenvalue weighted by atomic mass is 32.2. The van der Waals surface area contributed by atoms with Gasteiger partial charge in [0.2, 0.25) is 70.9 Å². The molecule has 2 heterocycles. The molecule has 5 aliphatic rings. The fourth-order valence-corrected chi connectivity index (χ4v) is 15.9. The number of nitrogens with one attached hydrogen (secondary N) is 2. The summed E-state index contributed by atoms with van der Waals surface area (Å²) < 4.78 is 56.1. The Morgan fingerprint density at radius 1 is 0.667 bits per heavy atom. The molecule has 24 nitrogen and oxygen atoms in total. The summed E-state index contributed by atoms with van der Waals surface area (Å²) in [6, 6.07) is -6.22. The van der Waals surface area contributed by atoms with Crippen molar-refractivity contribution < 1.29 is 75.1 Å². The second-order valence-electron chi connectivity index (χ2n) is 29.0. The summed E-state index contributed by atoms with van der Waals surface area (Å²) in [6.07, 6.45) is 3.42. The topological polar surface area (TPSA) is 284 Å². The molecule has 2 unspecified atom stereocenters. The van der Waals surface area contributed by atoms with Gasteiger partial charge in [-0.15, -0.1) is 11.8 Å². The molecule has 3 aliphatic carbocycles. The van der Waals surface area contributed by atoms with Crippen LogP contribution in [0.5, 0.6) is 0 Å². The van der Waals surface area contributed by atoms with Crippen molar-refractivity contribution in [1.82, 2.24) is 54.7 Å². The Labute approximate surface area is 585 Å². The molecule has 2 aliphatic heterocycles. The second kappa shape index (κ2) is 35.5. The van der Waals surface area contributed by atoms with E-state index in [0.717, 1.165) is 54.8 Å². The van der Waals surface area contributed by atoms with E-state index in [9.17, 15) is 56.3 Å². The van der Waals surface area contributed by atoms with Crippen LogP contribution in [0, 0.1) is 29.5 Å². The lowest BCUT2D eigenvalue weighted by atomic mass is 9.90. The number of nitrogens with two attached hydrogens (primary N) is 1. The first-order chi connectivity index (χ1) is 46.5. The number of nitrogens with zero attached hydrogens (tertiary/aromatic N) is 9. The lowest BCUT2D eigenvalue weighted by molar-refractivity contribution is -0.160. The molecule has 1 aromatic carbocycles. The Morgan fingerprint density at radius 2 is 1.25 bits per heavy atom. The van der Waals surface area contributed by atoms with Crippen molar-refractivity contribution in [3.63, 3.8) is 0 Å². The van der Waals surface area contributed by atoms with Crippen molar-refractivity contribution >= 4 is 82.6 Å². The summed E-state index contributed by atoms with van der Waals surface area (Å²) in [4.78, 5) is 183. The van der Waals surface area contributed by atoms with Crippen LogP contribution in [0.1, 0.15) is 168 Å². The average Bonchev–Trinajstić information content (AvgIpc) is 1.60. The van der Waals surface area contributed by atoms with Crippen molar-refractivity contribution in [3.05, 3.63) is 35.1 Å². The number of rotatable bonds is 32. The van der Waals surface area contributed by atoms with Gasteiger partial charge in [0.1, 0.15) is 59.7 Å². The van der Waals surface area contributed by atoms with Crippen LogP contribution in [-0.2, 0) is 70.1 Å². The van der Waals surface area contributed by atoms with Gasteiger partial charge in [-0.2, -0.15) is 13.2 Å². The van der Waals surface area contributed by atoms with Gasteiger partial charge in [0, 0.05) is 81.6 Å². The van der Waals surface area contributed by atoms with Crippen molar-refractivity contribution in [3.8, 4) is 0 Å². The van der Waals surface area contributed by atoms with Crippen LogP contribution in [0.3, 0.4) is 0 Å². The van der Waals surface area contributed by atoms with Crippen LogP contribution >= 0.6 is 11.8 Å². The van der Waals surface area contributed by atoms with E-state index in [1.54, 1.807) is 28.1 Å². The van der Waals surface area contributed by atoms with E-state index in [4.69, 9.17) is 5.73 Å². The SMILES string of the molecule is CC[C@H](C)CC(=O)N(C)[C@@H](C)C(=O)N1CC[C@H]1C(=O)N(C)C(C(=O)N(C)CC(=O)N[C@@H](CCc1ccc(C(F)(F)F)c(F)c1)C(=O)N1CCC[C@H]1C(=O)NC1(C(=O)N(C)C(C(=O)N(C)[C@@H](CSCC(=O)N(C)[C@@H](CC(C)C)C(N)=O)C(=O)N(C)C)C2CCCC2)CCCC1)C1CCCC1. The van der Waals surface area contributed by atoms with Gasteiger partial charge in [-0.25, -0.2) is 4.39 Å². The molecule has 9 atom stereocenters. The van der Waals surface area contributed by atoms with E-state index in [2.05, 4.69) is 10.6 Å². The third kappa shape index (κ3) is 19.9. The Morgan fingerprint density at radius 3 is 1.78 bits per heavy atom. The van der Waals surface area contributed by atoms with Crippen LogP contribution in [0.25, 0.3) is 0 Å². The summed E-state index contributed by atoms with van der Waals surface area (Å²) in [5.41, 5.74) is 2.67. The Balaban J connectivity index is 1.21. The minimum Gasteiger partial charge on any atom is -0.368 e. The van der Waals surface area contributed by atoms with Gasteiger partial charge in [0.15, 0.2) is 0 Å². The number of carbonyl (C=O) groups excluding carboxylic acids is 12. The van der Waals surface area contributed by atoms with E-state index in [-0.39, 0.29) is 98.3 Å². The smallest absolute Gasteiger partial charge is 0.368 e. The first kappa shape index (κ1) is 80.9. The van der Waals surface area contributed by atoms with Crippen LogP contribution in [0.2, 0.25) is 0 Å². The highest BCUT2D eigenvalue weighted by molar-refractivity contribution is 8.00. The van der Waals surface area contributed by atoms with E-state index in [1.807, 2.05) is 27.7 Å². The minimum absolute atomic E-state index is 0.00343. The number of likely N-dealkylation sites (N-methyl/N-ethyl adjacent to an activating group) is 7. The fraction of sp³-hybridized carbons (Fsp3) is 0.743. The number of carbonyl (C=O) groups is 12. The molecular weight excluding hydrogens is 1310 g/mol. The molecular formula is C70H108F4N12O12S. The van der Waals surface area contributed by atoms with Crippen molar-refractivity contribution in [2.45, 2.75) is 223 Å². The first-order valence-corrected chi connectivity index (χ1v) is 36.4. The minimum atomic E-state index is -5.00. The number of primary amides is 1. The normalized spacial score (nSPS) is 19.9. The molecule has 0 spiro atoms. The average molecular weight is 1420 g/mol. The summed E-state index contributed by atoms with van der Waals surface area (Å²) in [7, 11) is 12.0. The van der Waals surface area contributed by atoms with Gasteiger partial charge in [-0.05, 0) is 125 Å². The third-order valence-corrected chi connectivity index (χ3v) is 22.3. The molecule has 99 heavy (non-hydrogen) atoms. The standard InChI is InChI=1S/C70H108F4N12O12S/c1-14-43(4)37-56(88)80(9)44(5)62(92)86-35-31-52(86)65(95)83(12)58(46-22-15-16-23-46)66(96)79(8)39-55(87)76-50(30-28-45-27-29-48(49(71)38-45)70(72,73)74)63(93)85-34-21-26-51(85)61(91)77-69(32-19-20-33-69)68(98)84(13)59(47-24-17-18-25-47)67(97)82(11)54(64(94)78(6)7)40-99-41-57(89)81(10)53(60(75)90)36-42(2)3/h27,29,38,42-44,46-47,50-54,58-59H,14-26,28,30-37,39-41H2,1-13H3,(H2,75,90)(H,76,87)(H,77,91)/t43-,44-,50-,51-,52-,53-,54-,58?,59?/m0/s1. The van der Waals surface area contributed by atoms with E-state index in [1.165, 1.54) is 74.4 Å². The van der Waals surface area contributed by atoms with Gasteiger partial charge < -0.3 is 60.5 Å². The first-order valence-electron chi connectivity index (χ1n) is 35.2. The molecule has 4 N–H and O–H groups in total. The van der Waals surface area contributed by atoms with E-state index >= 15 is 18.8 Å². The van der Waals surface area contributed by atoms with Crippen molar-refractivity contribution in [2.24, 2.45) is 29.4 Å². The summed E-state index contributed by atoms with van der Waals surface area (Å²) in [6.45, 7) is 8.96. The molecule has 5 fully saturated rings. The predicted octanol–water partition coefficient (Wildman–Crippen LogP) is 5.07. The lowest BCUT2D eigenvalue weighted by Crippen LogP contribution is -2.65. The van der Waals surface area contributed by atoms with Crippen LogP contribution in [0.4, 0.5) is 17.6 Å². The molecule has 6 rings (SSSR count). The highest BCUT2D eigenvalue weighted by Crippen LogP contribution is 2.38. The van der Waals surface area contributed by atoms with Crippen LogP contribution in [0.15, 0.2) is 18.2 Å². The zero-order chi connectivity index (χ0) is 73.7. The van der Waals surface area contributed by atoms with Gasteiger partial charge in [0.25, 0.3) is 0 Å². The molecule has 3 saturated carbocycles. The largest absolute Gasteiger partial charge is 0.419 e. The number of hydrogen-bond donors (Lipinski definition) is 3. The predicted molar refractivity (Wildman–Crippen MR) is 365 cm³/mol. The highest BCUT2D eigenvalue weighted by Gasteiger charge is 2.52. The van der Waals surface area contributed by atoms with Crippen LogP contribution in [-0.4, -0.2) is 256 Å². The quantitative estimate of drug-likeness (QED) is 0.0796. The molecule has 2 saturated heterocycles. The zero-order valence-corrected chi connectivity index (χ0v) is 61.1. The monoisotopic (exact) mass is 1420 g/mol. The number of amides is 12. The molecule has 1 aromatic rings. The zero-order valence-electron chi connectivity index (χ0n) is 60.3. The molecule has 0 bridgehead atoms. The summed E-state index contributed by atoms with van der Waals surface area (Å²) in [5, 5.41) is 5.74. The molecule has 29 heteroatoms. The molecule has 554 valence electrons. The number of aryl methyl sites for hydroxylation is 1. The fourth-order valence-electron chi connectivity index (χ4n) is 14.8. The van der Waals surface area contributed by atoms with Gasteiger partial charge in [-0.1, -0.05) is 78.7 Å². The third-order valence-electron chi connectivity index (χ3n) is 21.3. The number of thioether (sulfide) groups is 1. The van der Waals surface area contributed by atoms with Gasteiger partial charge in [0.05, 0.1) is 17.9 Å². The van der Waals surface area contributed by atoms with Gasteiger partial charge >= 0.3 is 6.18 Å². The number of likely N-dealkylation sites (tertiary alicyclic amines) is 2.